The average Bonchev–Trinajstić information content (AvgIpc) is 3.10. The molecule has 0 bridgehead atoms. The standard InChI is InChI=1S/C21H19BrCl2N2O4/c1-11-12(2)16(7-6-14(11)22)25-18(27)10-30-21(29)13-8-19(28)26(9-13)17-5-3-4-15(23)20(17)24/h3-7,13H,8-10H2,1-2H3,(H,25,27)/t13-/m0/s1. The summed E-state index contributed by atoms with van der Waals surface area (Å²) < 4.78 is 6.09. The minimum absolute atomic E-state index is 0.0195. The van der Waals surface area contributed by atoms with Crippen LogP contribution in [0.4, 0.5) is 11.4 Å². The number of benzene rings is 2. The Labute approximate surface area is 192 Å². The van der Waals surface area contributed by atoms with Crippen molar-refractivity contribution in [1.29, 1.82) is 0 Å². The van der Waals surface area contributed by atoms with Crippen LogP contribution >= 0.6 is 39.1 Å². The largest absolute Gasteiger partial charge is 0.455 e. The van der Waals surface area contributed by atoms with E-state index in [1.165, 1.54) is 4.90 Å². The summed E-state index contributed by atoms with van der Waals surface area (Å²) in [7, 11) is 0. The van der Waals surface area contributed by atoms with E-state index in [2.05, 4.69) is 21.2 Å². The van der Waals surface area contributed by atoms with Crippen molar-refractivity contribution < 1.29 is 19.1 Å². The van der Waals surface area contributed by atoms with E-state index in [4.69, 9.17) is 27.9 Å². The van der Waals surface area contributed by atoms with E-state index < -0.39 is 24.4 Å². The zero-order valence-electron chi connectivity index (χ0n) is 16.3. The van der Waals surface area contributed by atoms with E-state index in [9.17, 15) is 14.4 Å². The van der Waals surface area contributed by atoms with E-state index >= 15 is 0 Å². The average molecular weight is 514 g/mol. The van der Waals surface area contributed by atoms with E-state index in [-0.39, 0.29) is 23.9 Å². The number of hydrogen-bond acceptors (Lipinski definition) is 4. The first-order valence-corrected chi connectivity index (χ1v) is 10.7. The molecule has 0 radical (unpaired) electrons. The lowest BCUT2D eigenvalue weighted by Crippen LogP contribution is -2.28. The lowest BCUT2D eigenvalue weighted by molar-refractivity contribution is -0.151. The molecule has 3 rings (SSSR count). The van der Waals surface area contributed by atoms with Crippen molar-refractivity contribution in [1.82, 2.24) is 0 Å². The molecule has 0 spiro atoms. The molecule has 1 N–H and O–H groups in total. The van der Waals surface area contributed by atoms with E-state index in [0.29, 0.717) is 16.4 Å². The van der Waals surface area contributed by atoms with Crippen LogP contribution in [0.3, 0.4) is 0 Å². The summed E-state index contributed by atoms with van der Waals surface area (Å²) in [4.78, 5) is 38.4. The van der Waals surface area contributed by atoms with Gasteiger partial charge in [0.15, 0.2) is 6.61 Å². The number of halogens is 3. The fraction of sp³-hybridized carbons (Fsp3) is 0.286. The Balaban J connectivity index is 1.58. The van der Waals surface area contributed by atoms with E-state index in [1.807, 2.05) is 19.9 Å². The Morgan fingerprint density at radius 2 is 1.93 bits per heavy atom. The minimum atomic E-state index is -0.683. The van der Waals surface area contributed by atoms with Crippen LogP contribution in [0, 0.1) is 19.8 Å². The second kappa shape index (κ2) is 9.37. The van der Waals surface area contributed by atoms with Crippen LogP contribution in [-0.2, 0) is 19.1 Å². The number of ether oxygens (including phenoxy) is 1. The quantitative estimate of drug-likeness (QED) is 0.576. The van der Waals surface area contributed by atoms with Crippen LogP contribution in [0.5, 0.6) is 0 Å². The normalized spacial score (nSPS) is 16.0. The highest BCUT2D eigenvalue weighted by Crippen LogP contribution is 2.36. The molecule has 0 saturated carbocycles. The topological polar surface area (TPSA) is 75.7 Å². The van der Waals surface area contributed by atoms with Gasteiger partial charge in [0.1, 0.15) is 0 Å². The first-order valence-electron chi connectivity index (χ1n) is 9.15. The van der Waals surface area contributed by atoms with Crippen molar-refractivity contribution in [2.45, 2.75) is 20.3 Å². The Morgan fingerprint density at radius 1 is 1.20 bits per heavy atom. The molecular weight excluding hydrogens is 495 g/mol. The van der Waals surface area contributed by atoms with Gasteiger partial charge < -0.3 is 15.0 Å². The maximum absolute atomic E-state index is 12.4. The predicted molar refractivity (Wildman–Crippen MR) is 120 cm³/mol. The van der Waals surface area contributed by atoms with Crippen molar-refractivity contribution >= 4 is 68.3 Å². The van der Waals surface area contributed by atoms with Gasteiger partial charge in [-0.25, -0.2) is 0 Å². The van der Waals surface area contributed by atoms with Gasteiger partial charge in [-0.15, -0.1) is 0 Å². The molecule has 1 heterocycles. The molecule has 2 aromatic carbocycles. The van der Waals surface area contributed by atoms with Crippen molar-refractivity contribution in [3.8, 4) is 0 Å². The van der Waals surface area contributed by atoms with Crippen molar-refractivity contribution in [3.05, 3.63) is 56.0 Å². The summed E-state index contributed by atoms with van der Waals surface area (Å²) in [6.07, 6.45) is -0.0195. The number of anilines is 2. The number of nitrogens with zero attached hydrogens (tertiary/aromatic N) is 1. The first kappa shape index (κ1) is 22.6. The molecule has 2 aromatic rings. The Hall–Kier alpha value is -2.09. The molecule has 30 heavy (non-hydrogen) atoms. The fourth-order valence-electron chi connectivity index (χ4n) is 3.16. The number of carbonyl (C=O) groups excluding carboxylic acids is 3. The smallest absolute Gasteiger partial charge is 0.311 e. The summed E-state index contributed by atoms with van der Waals surface area (Å²) in [5.74, 6) is -2.00. The van der Waals surface area contributed by atoms with Gasteiger partial charge in [-0.1, -0.05) is 45.2 Å². The van der Waals surface area contributed by atoms with Gasteiger partial charge in [0.2, 0.25) is 5.91 Å². The molecule has 1 fully saturated rings. The van der Waals surface area contributed by atoms with Gasteiger partial charge in [0.25, 0.3) is 5.91 Å². The third-order valence-electron chi connectivity index (χ3n) is 5.02. The van der Waals surface area contributed by atoms with Crippen LogP contribution in [0.25, 0.3) is 0 Å². The second-order valence-electron chi connectivity index (χ2n) is 6.98. The number of carbonyl (C=O) groups is 3. The zero-order chi connectivity index (χ0) is 22.0. The molecule has 1 atom stereocenters. The van der Waals surface area contributed by atoms with Crippen LogP contribution < -0.4 is 10.2 Å². The zero-order valence-corrected chi connectivity index (χ0v) is 19.4. The van der Waals surface area contributed by atoms with Crippen molar-refractivity contribution in [2.75, 3.05) is 23.4 Å². The fourth-order valence-corrected chi connectivity index (χ4v) is 3.99. The highest BCUT2D eigenvalue weighted by atomic mass is 79.9. The van der Waals surface area contributed by atoms with Gasteiger partial charge in [-0.05, 0) is 49.2 Å². The highest BCUT2D eigenvalue weighted by Gasteiger charge is 2.37. The number of rotatable bonds is 5. The molecular formula is C21H19BrCl2N2O4. The second-order valence-corrected chi connectivity index (χ2v) is 8.62. The molecule has 1 saturated heterocycles. The van der Waals surface area contributed by atoms with Crippen molar-refractivity contribution in [2.24, 2.45) is 5.92 Å². The Bertz CT molecular complexity index is 1030. The first-order chi connectivity index (χ1) is 14.2. The summed E-state index contributed by atoms with van der Waals surface area (Å²) in [5.41, 5.74) is 3.02. The summed E-state index contributed by atoms with van der Waals surface area (Å²) in [5, 5.41) is 3.31. The maximum atomic E-state index is 12.4. The van der Waals surface area contributed by atoms with Gasteiger partial charge >= 0.3 is 5.97 Å². The molecule has 0 aromatic heterocycles. The highest BCUT2D eigenvalue weighted by molar-refractivity contribution is 9.10. The van der Waals surface area contributed by atoms with Crippen LogP contribution in [0.1, 0.15) is 17.5 Å². The van der Waals surface area contributed by atoms with Crippen LogP contribution in [0.2, 0.25) is 10.0 Å². The lowest BCUT2D eigenvalue weighted by Gasteiger charge is -2.18. The molecule has 1 aliphatic heterocycles. The van der Waals surface area contributed by atoms with Crippen molar-refractivity contribution in [3.63, 3.8) is 0 Å². The van der Waals surface area contributed by atoms with Crippen LogP contribution in [0.15, 0.2) is 34.8 Å². The summed E-state index contributed by atoms with van der Waals surface area (Å²) >= 11 is 15.6. The third-order valence-corrected chi connectivity index (χ3v) is 6.69. The molecule has 0 unspecified atom stereocenters. The van der Waals surface area contributed by atoms with E-state index in [1.54, 1.807) is 24.3 Å². The third kappa shape index (κ3) is 4.79. The molecule has 2 amide bonds. The number of esters is 1. The predicted octanol–water partition coefficient (Wildman–Crippen LogP) is 4.91. The Kier molecular flexibility index (Phi) is 7.06. The summed E-state index contributed by atoms with van der Waals surface area (Å²) in [6, 6.07) is 8.57. The number of nitrogens with one attached hydrogen (secondary N) is 1. The lowest BCUT2D eigenvalue weighted by atomic mass is 10.1. The van der Waals surface area contributed by atoms with Gasteiger partial charge in [-0.3, -0.25) is 14.4 Å². The molecule has 1 aliphatic rings. The molecule has 9 heteroatoms. The molecule has 158 valence electrons. The number of hydrogen-bond donors (Lipinski definition) is 1. The molecule has 0 aliphatic carbocycles. The van der Waals surface area contributed by atoms with Crippen LogP contribution in [-0.4, -0.2) is 30.9 Å². The van der Waals surface area contributed by atoms with Gasteiger partial charge in [-0.2, -0.15) is 0 Å². The molecule has 6 nitrogen and oxygen atoms in total. The van der Waals surface area contributed by atoms with E-state index in [0.717, 1.165) is 15.6 Å². The monoisotopic (exact) mass is 512 g/mol. The summed E-state index contributed by atoms with van der Waals surface area (Å²) in [6.45, 7) is 3.51. The van der Waals surface area contributed by atoms with Gasteiger partial charge in [0, 0.05) is 23.1 Å². The Morgan fingerprint density at radius 3 is 2.67 bits per heavy atom. The minimum Gasteiger partial charge on any atom is -0.455 e. The maximum Gasteiger partial charge on any atom is 0.311 e. The van der Waals surface area contributed by atoms with Gasteiger partial charge in [0.05, 0.1) is 21.7 Å². The SMILES string of the molecule is Cc1c(Br)ccc(NC(=O)COC(=O)[C@H]2CC(=O)N(c3cccc(Cl)c3Cl)C2)c1C. The number of amides is 2.